The molecule has 1 fully saturated rings. The number of hydrogen-bond acceptors (Lipinski definition) is 1. The van der Waals surface area contributed by atoms with Gasteiger partial charge in [-0.3, -0.25) is 4.79 Å². The zero-order valence-electron chi connectivity index (χ0n) is 7.55. The summed E-state index contributed by atoms with van der Waals surface area (Å²) in [6.07, 6.45) is 2.69. The van der Waals surface area contributed by atoms with Gasteiger partial charge in [0.15, 0.2) is 0 Å². The summed E-state index contributed by atoms with van der Waals surface area (Å²) in [5.74, 6) is -0.791. The number of rotatable bonds is 2. The van der Waals surface area contributed by atoms with E-state index >= 15 is 0 Å². The number of allylic oxidation sites excluding steroid dienone is 1. The summed E-state index contributed by atoms with van der Waals surface area (Å²) in [5, 5.41) is 8.89. The van der Waals surface area contributed by atoms with Crippen molar-refractivity contribution in [3.05, 3.63) is 9.47 Å². The highest BCUT2D eigenvalue weighted by Crippen LogP contribution is 2.52. The smallest absolute Gasteiger partial charge is 0.307 e. The number of aliphatic carboxylic acids is 1. The molecule has 0 amide bonds. The second-order valence-corrected chi connectivity index (χ2v) is 6.89. The van der Waals surface area contributed by atoms with Crippen molar-refractivity contribution >= 4 is 37.8 Å². The minimum absolute atomic E-state index is 0.107. The third-order valence-electron chi connectivity index (χ3n) is 2.70. The maximum absolute atomic E-state index is 10.8. The van der Waals surface area contributed by atoms with Gasteiger partial charge in [0.1, 0.15) is 0 Å². The molecule has 0 aromatic carbocycles. The maximum Gasteiger partial charge on any atom is 0.307 e. The first-order valence-electron chi connectivity index (χ1n) is 4.10. The fourth-order valence-corrected chi connectivity index (χ4v) is 2.50. The lowest BCUT2D eigenvalue weighted by Crippen LogP contribution is -2.46. The average molecular weight is 312 g/mol. The first-order chi connectivity index (χ1) is 5.84. The van der Waals surface area contributed by atoms with Crippen LogP contribution >= 0.6 is 31.9 Å². The Morgan fingerprint density at radius 3 is 2.38 bits per heavy atom. The molecule has 1 aliphatic rings. The summed E-state index contributed by atoms with van der Waals surface area (Å²) >= 11 is 6.53. The largest absolute Gasteiger partial charge is 0.481 e. The average Bonchev–Trinajstić information content (AvgIpc) is 1.96. The molecule has 0 heterocycles. The Balaban J connectivity index is 2.77. The van der Waals surface area contributed by atoms with Gasteiger partial charge in [-0.05, 0) is 49.6 Å². The summed E-state index contributed by atoms with van der Waals surface area (Å²) in [5.41, 5.74) is 0.107. The highest BCUT2D eigenvalue weighted by atomic mass is 79.9. The predicted octanol–water partition coefficient (Wildman–Crippen LogP) is 3.36. The molecule has 0 bridgehead atoms. The molecule has 4 heteroatoms. The standard InChI is InChI=1S/C9H12Br2O2/c1-9(2)4-5(8(12)13)6(9)3-7(10)11/h3,5-6H,4H2,1-2H3,(H,12,13). The molecule has 0 saturated heterocycles. The minimum Gasteiger partial charge on any atom is -0.481 e. The van der Waals surface area contributed by atoms with Gasteiger partial charge in [-0.15, -0.1) is 0 Å². The lowest BCUT2D eigenvalue weighted by atomic mass is 9.56. The highest BCUT2D eigenvalue weighted by molar-refractivity contribution is 9.28. The molecule has 0 spiro atoms. The van der Waals surface area contributed by atoms with Crippen molar-refractivity contribution in [2.24, 2.45) is 17.3 Å². The van der Waals surface area contributed by atoms with E-state index in [-0.39, 0.29) is 17.3 Å². The summed E-state index contributed by atoms with van der Waals surface area (Å²) in [6.45, 7) is 4.19. The molecule has 1 aliphatic carbocycles. The molecule has 13 heavy (non-hydrogen) atoms. The molecule has 2 nitrogen and oxygen atoms in total. The Labute approximate surface area is 94.7 Å². The summed E-state index contributed by atoms with van der Waals surface area (Å²) in [7, 11) is 0. The molecule has 1 N–H and O–H groups in total. The van der Waals surface area contributed by atoms with Crippen LogP contribution in [0.3, 0.4) is 0 Å². The Morgan fingerprint density at radius 2 is 2.08 bits per heavy atom. The van der Waals surface area contributed by atoms with Crippen LogP contribution in [0, 0.1) is 17.3 Å². The van der Waals surface area contributed by atoms with E-state index in [1.165, 1.54) is 0 Å². The molecule has 2 unspecified atom stereocenters. The molecule has 1 rings (SSSR count). The van der Waals surface area contributed by atoms with Crippen LogP contribution in [0.4, 0.5) is 0 Å². The van der Waals surface area contributed by atoms with E-state index < -0.39 is 5.97 Å². The Hall–Kier alpha value is 0.170. The van der Waals surface area contributed by atoms with Gasteiger partial charge in [0.2, 0.25) is 0 Å². The molecular formula is C9H12Br2O2. The van der Waals surface area contributed by atoms with Crippen LogP contribution in [0.2, 0.25) is 0 Å². The van der Waals surface area contributed by atoms with E-state index in [0.29, 0.717) is 0 Å². The van der Waals surface area contributed by atoms with Crippen LogP contribution < -0.4 is 0 Å². The van der Waals surface area contributed by atoms with Crippen LogP contribution in [-0.4, -0.2) is 11.1 Å². The lowest BCUT2D eigenvalue weighted by molar-refractivity contribution is -0.153. The van der Waals surface area contributed by atoms with Crippen molar-refractivity contribution < 1.29 is 9.90 Å². The number of carboxylic acid groups (broad SMARTS) is 1. The van der Waals surface area contributed by atoms with Crippen LogP contribution in [0.25, 0.3) is 0 Å². The van der Waals surface area contributed by atoms with Crippen molar-refractivity contribution in [2.75, 3.05) is 0 Å². The molecular weight excluding hydrogens is 300 g/mol. The monoisotopic (exact) mass is 310 g/mol. The second-order valence-electron chi connectivity index (χ2n) is 4.12. The molecule has 0 aromatic heterocycles. The van der Waals surface area contributed by atoms with Gasteiger partial charge in [-0.25, -0.2) is 0 Å². The van der Waals surface area contributed by atoms with Crippen molar-refractivity contribution in [1.82, 2.24) is 0 Å². The first kappa shape index (κ1) is 11.2. The van der Waals surface area contributed by atoms with Crippen LogP contribution in [0.15, 0.2) is 9.47 Å². The Bertz CT molecular complexity index is 254. The number of carboxylic acids is 1. The van der Waals surface area contributed by atoms with E-state index in [2.05, 4.69) is 45.7 Å². The fraction of sp³-hybridized carbons (Fsp3) is 0.667. The predicted molar refractivity (Wildman–Crippen MR) is 59.0 cm³/mol. The summed E-state index contributed by atoms with van der Waals surface area (Å²) < 4.78 is 0.837. The topological polar surface area (TPSA) is 37.3 Å². The van der Waals surface area contributed by atoms with Gasteiger partial charge < -0.3 is 5.11 Å². The van der Waals surface area contributed by atoms with Crippen molar-refractivity contribution in [3.8, 4) is 0 Å². The Kier molecular flexibility index (Phi) is 3.23. The van der Waals surface area contributed by atoms with Gasteiger partial charge in [-0.2, -0.15) is 0 Å². The van der Waals surface area contributed by atoms with E-state index in [1.54, 1.807) is 0 Å². The minimum atomic E-state index is -0.693. The highest BCUT2D eigenvalue weighted by Gasteiger charge is 2.49. The third-order valence-corrected chi connectivity index (χ3v) is 3.23. The number of hydrogen-bond donors (Lipinski definition) is 1. The first-order valence-corrected chi connectivity index (χ1v) is 5.69. The van der Waals surface area contributed by atoms with Crippen molar-refractivity contribution in [1.29, 1.82) is 0 Å². The summed E-state index contributed by atoms with van der Waals surface area (Å²) in [4.78, 5) is 10.8. The van der Waals surface area contributed by atoms with E-state index in [1.807, 2.05) is 6.08 Å². The molecule has 74 valence electrons. The lowest BCUT2D eigenvalue weighted by Gasteiger charge is -2.48. The fourth-order valence-electron chi connectivity index (χ4n) is 1.93. The van der Waals surface area contributed by atoms with Gasteiger partial charge in [0.05, 0.1) is 9.31 Å². The Morgan fingerprint density at radius 1 is 1.54 bits per heavy atom. The zero-order valence-corrected chi connectivity index (χ0v) is 10.7. The normalized spacial score (nSPS) is 30.5. The molecule has 2 atom stereocenters. The van der Waals surface area contributed by atoms with Gasteiger partial charge in [0.25, 0.3) is 0 Å². The number of carbonyl (C=O) groups is 1. The molecule has 0 radical (unpaired) electrons. The molecule has 0 aromatic rings. The van der Waals surface area contributed by atoms with Gasteiger partial charge >= 0.3 is 5.97 Å². The molecule has 0 aliphatic heterocycles. The van der Waals surface area contributed by atoms with Crippen molar-refractivity contribution in [3.63, 3.8) is 0 Å². The van der Waals surface area contributed by atoms with Crippen molar-refractivity contribution in [2.45, 2.75) is 20.3 Å². The van der Waals surface area contributed by atoms with E-state index in [9.17, 15) is 4.79 Å². The van der Waals surface area contributed by atoms with Crippen LogP contribution in [0.1, 0.15) is 20.3 Å². The van der Waals surface area contributed by atoms with Crippen LogP contribution in [-0.2, 0) is 4.79 Å². The SMILES string of the molecule is CC1(C)CC(C(=O)O)C1C=C(Br)Br. The second kappa shape index (κ2) is 3.73. The number of halogens is 2. The maximum atomic E-state index is 10.8. The van der Waals surface area contributed by atoms with Crippen LogP contribution in [0.5, 0.6) is 0 Å². The van der Waals surface area contributed by atoms with Gasteiger partial charge in [-0.1, -0.05) is 19.9 Å². The van der Waals surface area contributed by atoms with E-state index in [0.717, 1.165) is 9.81 Å². The third kappa shape index (κ3) is 2.34. The van der Waals surface area contributed by atoms with Gasteiger partial charge in [0, 0.05) is 0 Å². The molecule has 1 saturated carbocycles. The quantitative estimate of drug-likeness (QED) is 0.849. The zero-order chi connectivity index (χ0) is 10.2. The summed E-state index contributed by atoms with van der Waals surface area (Å²) in [6, 6.07) is 0. The van der Waals surface area contributed by atoms with E-state index in [4.69, 9.17) is 5.11 Å².